The number of aryl methyl sites for hydroxylation is 2. The van der Waals surface area contributed by atoms with Gasteiger partial charge in [0.25, 0.3) is 0 Å². The molecule has 0 aliphatic heterocycles. The molecule has 0 fully saturated rings. The minimum atomic E-state index is 0. The average Bonchev–Trinajstić information content (AvgIpc) is 2.92. The molecule has 146 valence electrons. The van der Waals surface area contributed by atoms with E-state index in [0.717, 1.165) is 45.0 Å². The number of hydrogen-bond acceptors (Lipinski definition) is 3. The second-order valence-electron chi connectivity index (χ2n) is 6.74. The molecule has 0 bridgehead atoms. The van der Waals surface area contributed by atoms with Crippen LogP contribution in [-0.2, 0) is 13.5 Å². The van der Waals surface area contributed by atoms with Crippen molar-refractivity contribution in [2.24, 2.45) is 12.0 Å². The van der Waals surface area contributed by atoms with E-state index in [2.05, 4.69) is 66.4 Å². The lowest BCUT2D eigenvalue weighted by Crippen LogP contribution is -2.45. The SMILES string of the molecule is CCNC(=NCCCc1cnn(C)c1)NCCN(C(C)C)C(C)C.I. The Hall–Kier alpha value is -0.830. The third kappa shape index (κ3) is 10.0. The van der Waals surface area contributed by atoms with Crippen LogP contribution < -0.4 is 10.6 Å². The fourth-order valence-corrected chi connectivity index (χ4v) is 2.83. The van der Waals surface area contributed by atoms with Gasteiger partial charge in [0.05, 0.1) is 6.20 Å². The second-order valence-corrected chi connectivity index (χ2v) is 6.74. The molecule has 1 aromatic rings. The summed E-state index contributed by atoms with van der Waals surface area (Å²) in [4.78, 5) is 7.16. The maximum atomic E-state index is 4.67. The quantitative estimate of drug-likeness (QED) is 0.242. The fourth-order valence-electron chi connectivity index (χ4n) is 2.83. The van der Waals surface area contributed by atoms with Gasteiger partial charge in [0, 0.05) is 51.5 Å². The summed E-state index contributed by atoms with van der Waals surface area (Å²) >= 11 is 0. The topological polar surface area (TPSA) is 57.5 Å². The van der Waals surface area contributed by atoms with Crippen molar-refractivity contribution in [2.75, 3.05) is 26.2 Å². The van der Waals surface area contributed by atoms with Crippen molar-refractivity contribution in [2.45, 2.75) is 59.5 Å². The van der Waals surface area contributed by atoms with Gasteiger partial charge >= 0.3 is 0 Å². The van der Waals surface area contributed by atoms with Crippen LogP contribution >= 0.6 is 24.0 Å². The minimum absolute atomic E-state index is 0. The van der Waals surface area contributed by atoms with E-state index in [4.69, 9.17) is 0 Å². The van der Waals surface area contributed by atoms with E-state index in [1.807, 2.05) is 17.9 Å². The number of hydrogen-bond donors (Lipinski definition) is 2. The Labute approximate surface area is 170 Å². The Morgan fingerprint density at radius 2 is 1.92 bits per heavy atom. The van der Waals surface area contributed by atoms with Crippen molar-refractivity contribution in [3.05, 3.63) is 18.0 Å². The molecule has 0 unspecified atom stereocenters. The van der Waals surface area contributed by atoms with E-state index in [-0.39, 0.29) is 24.0 Å². The van der Waals surface area contributed by atoms with E-state index in [1.165, 1.54) is 5.56 Å². The van der Waals surface area contributed by atoms with E-state index >= 15 is 0 Å². The summed E-state index contributed by atoms with van der Waals surface area (Å²) in [5.41, 5.74) is 1.27. The van der Waals surface area contributed by atoms with Gasteiger partial charge in [0.1, 0.15) is 0 Å². The molecule has 7 heteroatoms. The molecule has 1 aromatic heterocycles. The van der Waals surface area contributed by atoms with Gasteiger partial charge in [-0.05, 0) is 53.0 Å². The molecule has 6 nitrogen and oxygen atoms in total. The van der Waals surface area contributed by atoms with E-state index < -0.39 is 0 Å². The first-order chi connectivity index (χ1) is 11.4. The Morgan fingerprint density at radius 1 is 1.24 bits per heavy atom. The fraction of sp³-hybridized carbons (Fsp3) is 0.778. The van der Waals surface area contributed by atoms with Gasteiger partial charge in [-0.25, -0.2) is 0 Å². The molecule has 25 heavy (non-hydrogen) atoms. The molecule has 0 aliphatic rings. The molecule has 1 heterocycles. The highest BCUT2D eigenvalue weighted by atomic mass is 127. The normalized spacial score (nSPS) is 12.0. The highest BCUT2D eigenvalue weighted by Gasteiger charge is 2.12. The van der Waals surface area contributed by atoms with Crippen LogP contribution in [0.4, 0.5) is 0 Å². The van der Waals surface area contributed by atoms with Gasteiger partial charge in [0.2, 0.25) is 0 Å². The predicted molar refractivity (Wildman–Crippen MR) is 118 cm³/mol. The molecule has 0 amide bonds. The van der Waals surface area contributed by atoms with Gasteiger partial charge in [0.15, 0.2) is 5.96 Å². The highest BCUT2D eigenvalue weighted by molar-refractivity contribution is 14.0. The number of nitrogens with one attached hydrogen (secondary N) is 2. The maximum Gasteiger partial charge on any atom is 0.191 e. The van der Waals surface area contributed by atoms with Crippen molar-refractivity contribution >= 4 is 29.9 Å². The average molecular weight is 464 g/mol. The lowest BCUT2D eigenvalue weighted by Gasteiger charge is -2.30. The van der Waals surface area contributed by atoms with Crippen LogP contribution in [0.1, 0.15) is 46.6 Å². The highest BCUT2D eigenvalue weighted by Crippen LogP contribution is 2.03. The minimum Gasteiger partial charge on any atom is -0.357 e. The van der Waals surface area contributed by atoms with Gasteiger partial charge in [-0.1, -0.05) is 0 Å². The number of halogens is 1. The molecule has 0 atom stereocenters. The van der Waals surface area contributed by atoms with Crippen molar-refractivity contribution in [1.29, 1.82) is 0 Å². The summed E-state index contributed by atoms with van der Waals surface area (Å²) in [5.74, 6) is 0.913. The van der Waals surface area contributed by atoms with Crippen LogP contribution in [0.3, 0.4) is 0 Å². The Morgan fingerprint density at radius 3 is 2.44 bits per heavy atom. The van der Waals surface area contributed by atoms with E-state index in [1.54, 1.807) is 0 Å². The lowest BCUT2D eigenvalue weighted by atomic mass is 10.2. The third-order valence-electron chi connectivity index (χ3n) is 3.99. The first-order valence-corrected chi connectivity index (χ1v) is 9.19. The van der Waals surface area contributed by atoms with Crippen LogP contribution in [0.15, 0.2) is 17.4 Å². The van der Waals surface area contributed by atoms with Gasteiger partial charge in [-0.15, -0.1) is 24.0 Å². The van der Waals surface area contributed by atoms with Crippen LogP contribution in [-0.4, -0.2) is 58.9 Å². The summed E-state index contributed by atoms with van der Waals surface area (Å²) in [7, 11) is 1.95. The standard InChI is InChI=1S/C18H36N6.HI/c1-7-19-18(21-11-12-24(15(2)3)16(4)5)20-10-8-9-17-13-22-23(6)14-17;/h13-16H,7-12H2,1-6H3,(H2,19,20,21);1H. The third-order valence-corrected chi connectivity index (χ3v) is 3.99. The summed E-state index contributed by atoms with van der Waals surface area (Å²) in [5, 5.41) is 11.0. The van der Waals surface area contributed by atoms with Crippen molar-refractivity contribution in [3.8, 4) is 0 Å². The van der Waals surface area contributed by atoms with Gasteiger partial charge < -0.3 is 10.6 Å². The summed E-state index contributed by atoms with van der Waals surface area (Å²) in [6.07, 6.45) is 6.05. The molecule has 1 rings (SSSR count). The molecule has 0 spiro atoms. The zero-order valence-electron chi connectivity index (χ0n) is 16.7. The molecule has 0 aliphatic carbocycles. The van der Waals surface area contributed by atoms with E-state index in [9.17, 15) is 0 Å². The molecule has 2 N–H and O–H groups in total. The molecular weight excluding hydrogens is 427 g/mol. The monoisotopic (exact) mass is 464 g/mol. The predicted octanol–water partition coefficient (Wildman–Crippen LogP) is 2.64. The van der Waals surface area contributed by atoms with Gasteiger partial charge in [-0.3, -0.25) is 14.6 Å². The van der Waals surface area contributed by atoms with Crippen LogP contribution in [0.25, 0.3) is 0 Å². The molecule has 0 radical (unpaired) electrons. The zero-order valence-corrected chi connectivity index (χ0v) is 19.1. The number of rotatable bonds is 10. The van der Waals surface area contributed by atoms with E-state index in [0.29, 0.717) is 12.1 Å². The number of nitrogens with zero attached hydrogens (tertiary/aromatic N) is 4. The number of aliphatic imine (C=N–C) groups is 1. The smallest absolute Gasteiger partial charge is 0.191 e. The first kappa shape index (κ1) is 24.2. The summed E-state index contributed by atoms with van der Waals surface area (Å²) < 4.78 is 1.85. The largest absolute Gasteiger partial charge is 0.357 e. The first-order valence-electron chi connectivity index (χ1n) is 9.19. The molecule has 0 saturated heterocycles. The van der Waals surface area contributed by atoms with Crippen LogP contribution in [0.2, 0.25) is 0 Å². The lowest BCUT2D eigenvalue weighted by molar-refractivity contribution is 0.178. The van der Waals surface area contributed by atoms with Crippen molar-refractivity contribution < 1.29 is 0 Å². The van der Waals surface area contributed by atoms with Gasteiger partial charge in [-0.2, -0.15) is 5.10 Å². The summed E-state index contributed by atoms with van der Waals surface area (Å²) in [6.45, 7) is 14.7. The summed E-state index contributed by atoms with van der Waals surface area (Å²) in [6, 6.07) is 1.12. The number of aromatic nitrogens is 2. The molecular formula is C18H37IN6. The van der Waals surface area contributed by atoms with Crippen LogP contribution in [0.5, 0.6) is 0 Å². The zero-order chi connectivity index (χ0) is 17.9. The van der Waals surface area contributed by atoms with Crippen molar-refractivity contribution in [3.63, 3.8) is 0 Å². The Bertz CT molecular complexity index is 476. The molecule has 0 saturated carbocycles. The molecule has 0 aromatic carbocycles. The second kappa shape index (κ2) is 13.4. The number of guanidine groups is 1. The maximum absolute atomic E-state index is 4.67. The van der Waals surface area contributed by atoms with Crippen LogP contribution in [0, 0.1) is 0 Å². The Balaban J connectivity index is 0.00000576. The van der Waals surface area contributed by atoms with Crippen molar-refractivity contribution in [1.82, 2.24) is 25.3 Å². The Kier molecular flexibility index (Phi) is 12.9.